The fourth-order valence-corrected chi connectivity index (χ4v) is 2.46. The van der Waals surface area contributed by atoms with Gasteiger partial charge in [0.2, 0.25) is 5.91 Å². The Labute approximate surface area is 137 Å². The summed E-state index contributed by atoms with van der Waals surface area (Å²) in [6.07, 6.45) is 0. The Balaban J connectivity index is 0.00000200. The Kier molecular flexibility index (Phi) is 5.38. The van der Waals surface area contributed by atoms with Crippen LogP contribution in [0.4, 0.5) is 4.79 Å². The monoisotopic (exact) mass is 314 g/mol. The molecular weight excluding hydrogens is 303 g/mol. The van der Waals surface area contributed by atoms with E-state index in [0.29, 0.717) is 13.1 Å². The Morgan fingerprint density at radius 3 is 2.55 bits per heavy atom. The van der Waals surface area contributed by atoms with Crippen LogP contribution >= 0.6 is 0 Å². The first-order chi connectivity index (χ1) is 8.79. The summed E-state index contributed by atoms with van der Waals surface area (Å²) in [7, 11) is -4.81. The van der Waals surface area contributed by atoms with E-state index in [9.17, 15) is 27.4 Å². The summed E-state index contributed by atoms with van der Waals surface area (Å²) in [5.41, 5.74) is 0. The van der Waals surface area contributed by atoms with Gasteiger partial charge in [0.05, 0.1) is 6.54 Å². The van der Waals surface area contributed by atoms with E-state index >= 15 is 0 Å². The molecule has 0 aliphatic carbocycles. The van der Waals surface area contributed by atoms with Gasteiger partial charge in [0.25, 0.3) is 5.91 Å². The summed E-state index contributed by atoms with van der Waals surface area (Å²) in [6.45, 7) is 0.227. The van der Waals surface area contributed by atoms with E-state index in [4.69, 9.17) is 0 Å². The van der Waals surface area contributed by atoms with E-state index in [0.717, 1.165) is 0 Å². The summed E-state index contributed by atoms with van der Waals surface area (Å²) < 4.78 is 31.8. The largest absolute Gasteiger partial charge is 1.00 e. The fraction of sp³-hybridized carbons (Fsp3) is 0.625. The van der Waals surface area contributed by atoms with E-state index in [-0.39, 0.29) is 53.0 Å². The van der Waals surface area contributed by atoms with Gasteiger partial charge in [-0.15, -0.1) is 0 Å². The maximum absolute atomic E-state index is 11.5. The molecule has 0 bridgehead atoms. The van der Waals surface area contributed by atoms with E-state index in [1.165, 1.54) is 4.90 Å². The van der Waals surface area contributed by atoms with Crippen molar-refractivity contribution >= 4 is 28.1 Å². The van der Waals surface area contributed by atoms with E-state index in [1.807, 2.05) is 0 Å². The van der Waals surface area contributed by atoms with E-state index < -0.39 is 28.2 Å². The molecule has 2 N–H and O–H groups in total. The van der Waals surface area contributed by atoms with Crippen LogP contribution in [-0.4, -0.2) is 72.2 Å². The molecule has 20 heavy (non-hydrogen) atoms. The van der Waals surface area contributed by atoms with Crippen molar-refractivity contribution in [2.24, 2.45) is 0 Å². The molecule has 1 unspecified atom stereocenters. The minimum atomic E-state index is -4.81. The third-order valence-electron chi connectivity index (χ3n) is 2.78. The zero-order chi connectivity index (χ0) is 14.2. The molecule has 0 spiro atoms. The van der Waals surface area contributed by atoms with Crippen LogP contribution in [0.1, 0.15) is 0 Å². The smallest absolute Gasteiger partial charge is 0.731 e. The van der Waals surface area contributed by atoms with Crippen LogP contribution in [0.3, 0.4) is 0 Å². The van der Waals surface area contributed by atoms with Crippen LogP contribution in [0.2, 0.25) is 0 Å². The molecule has 2 aliphatic heterocycles. The summed E-state index contributed by atoms with van der Waals surface area (Å²) in [5.74, 6) is -1.55. The van der Waals surface area contributed by atoms with Crippen LogP contribution < -0.4 is 40.2 Å². The zero-order valence-corrected chi connectivity index (χ0v) is 13.5. The molecule has 0 aromatic rings. The molecule has 106 valence electrons. The van der Waals surface area contributed by atoms with Crippen LogP contribution in [-0.2, 0) is 19.9 Å². The number of rotatable bonds is 4. The summed E-state index contributed by atoms with van der Waals surface area (Å²) in [6, 6.07) is -1.40. The van der Waals surface area contributed by atoms with Crippen molar-refractivity contribution in [3.8, 4) is 0 Å². The number of nitrogens with one attached hydrogen (secondary N) is 2. The van der Waals surface area contributed by atoms with Crippen molar-refractivity contribution in [3.63, 3.8) is 0 Å². The van der Waals surface area contributed by atoms with Gasteiger partial charge in [-0.1, -0.05) is 0 Å². The number of hydrogen-bond donors (Lipinski definition) is 2. The fourth-order valence-electron chi connectivity index (χ4n) is 1.78. The number of amides is 4. The molecule has 2 rings (SSSR count). The first-order valence-electron chi connectivity index (χ1n) is 5.38. The maximum atomic E-state index is 11.5. The molecule has 1 atom stereocenters. The number of carbonyl (C=O) groups is 3. The number of carbonyl (C=O) groups excluding carboxylic acids is 3. The molecule has 0 saturated carbocycles. The third-order valence-corrected chi connectivity index (χ3v) is 3.65. The SMILES string of the molecule is O=C(CN1CCNC1=O)NC1CN(S(=O)(=O)[O-])C1=O.[Na+]. The Morgan fingerprint density at radius 2 is 2.10 bits per heavy atom. The van der Waals surface area contributed by atoms with Crippen molar-refractivity contribution in [3.05, 3.63) is 0 Å². The van der Waals surface area contributed by atoms with Gasteiger partial charge in [0, 0.05) is 13.1 Å². The van der Waals surface area contributed by atoms with Crippen molar-refractivity contribution in [1.82, 2.24) is 19.8 Å². The minimum Gasteiger partial charge on any atom is -0.731 e. The third kappa shape index (κ3) is 3.61. The molecule has 2 saturated heterocycles. The second kappa shape index (κ2) is 6.26. The number of hydrogen-bond acceptors (Lipinski definition) is 6. The van der Waals surface area contributed by atoms with Crippen LogP contribution in [0.25, 0.3) is 0 Å². The predicted octanol–water partition coefficient (Wildman–Crippen LogP) is -6.20. The van der Waals surface area contributed by atoms with Gasteiger partial charge in [-0.25, -0.2) is 17.5 Å². The summed E-state index contributed by atoms with van der Waals surface area (Å²) in [4.78, 5) is 35.2. The number of β-lactam (4-membered cyclic amide) rings is 1. The van der Waals surface area contributed by atoms with Crippen molar-refractivity contribution < 1.29 is 56.9 Å². The van der Waals surface area contributed by atoms with Gasteiger partial charge >= 0.3 is 35.6 Å². The van der Waals surface area contributed by atoms with E-state index in [2.05, 4.69) is 10.6 Å². The normalized spacial score (nSPS) is 21.9. The molecule has 2 fully saturated rings. The van der Waals surface area contributed by atoms with Gasteiger partial charge in [-0.3, -0.25) is 9.59 Å². The van der Waals surface area contributed by atoms with Crippen LogP contribution in [0.15, 0.2) is 0 Å². The Bertz CT molecular complexity index is 537. The average molecular weight is 314 g/mol. The molecule has 0 aromatic heterocycles. The second-order valence-corrected chi connectivity index (χ2v) is 5.40. The quantitative estimate of drug-likeness (QED) is 0.301. The van der Waals surface area contributed by atoms with Gasteiger partial charge in [-0.2, -0.15) is 0 Å². The Hall–Kier alpha value is -0.880. The molecule has 0 radical (unpaired) electrons. The average Bonchev–Trinajstić information content (AvgIpc) is 2.67. The first kappa shape index (κ1) is 17.2. The van der Waals surface area contributed by atoms with Gasteiger partial charge < -0.3 is 20.1 Å². The van der Waals surface area contributed by atoms with E-state index in [1.54, 1.807) is 0 Å². The molecular formula is C8H11N4NaO6S. The Morgan fingerprint density at radius 1 is 1.45 bits per heavy atom. The summed E-state index contributed by atoms with van der Waals surface area (Å²) >= 11 is 0. The second-order valence-electron chi connectivity index (χ2n) is 4.10. The maximum Gasteiger partial charge on any atom is 1.00 e. The zero-order valence-electron chi connectivity index (χ0n) is 10.7. The number of nitrogens with zero attached hydrogens (tertiary/aromatic N) is 2. The van der Waals surface area contributed by atoms with Crippen LogP contribution in [0, 0.1) is 0 Å². The molecule has 10 nitrogen and oxygen atoms in total. The molecule has 4 amide bonds. The van der Waals surface area contributed by atoms with Gasteiger partial charge in [-0.05, 0) is 0 Å². The van der Waals surface area contributed by atoms with Gasteiger partial charge in [0.15, 0.2) is 10.3 Å². The topological polar surface area (TPSA) is 139 Å². The van der Waals surface area contributed by atoms with Crippen molar-refractivity contribution in [2.75, 3.05) is 26.2 Å². The van der Waals surface area contributed by atoms with Crippen LogP contribution in [0.5, 0.6) is 0 Å². The molecule has 0 aromatic carbocycles. The van der Waals surface area contributed by atoms with Crippen molar-refractivity contribution in [1.29, 1.82) is 0 Å². The van der Waals surface area contributed by atoms with Gasteiger partial charge in [0.1, 0.15) is 12.6 Å². The summed E-state index contributed by atoms with van der Waals surface area (Å²) in [5, 5.41) is 4.76. The predicted molar refractivity (Wildman–Crippen MR) is 58.3 cm³/mol. The van der Waals surface area contributed by atoms with Crippen molar-refractivity contribution in [2.45, 2.75) is 6.04 Å². The first-order valence-corrected chi connectivity index (χ1v) is 6.75. The molecule has 2 heterocycles. The number of urea groups is 1. The molecule has 12 heteroatoms. The minimum absolute atomic E-state index is 0. The molecule has 2 aliphatic rings. The standard InChI is InChI=1S/C8H12N4O6S.Na/c13-6(4-11-2-1-9-8(11)15)10-5-3-12(7(5)14)19(16,17)18;/h5H,1-4H2,(H,9,15)(H,10,13)(H,16,17,18);/q;+1/p-1.